The first-order valence-corrected chi connectivity index (χ1v) is 14.5. The number of amides is 2. The zero-order valence-electron chi connectivity index (χ0n) is 21.5. The van der Waals surface area contributed by atoms with Gasteiger partial charge in [0.05, 0.1) is 6.04 Å². The Hall–Kier alpha value is -2.86. The molecule has 4 nitrogen and oxygen atoms in total. The van der Waals surface area contributed by atoms with Gasteiger partial charge in [-0.1, -0.05) is 79.5 Å². The fourth-order valence-electron chi connectivity index (χ4n) is 5.15. The van der Waals surface area contributed by atoms with Crippen molar-refractivity contribution in [2.45, 2.75) is 32.7 Å². The van der Waals surface area contributed by atoms with Crippen LogP contribution >= 0.6 is 34.5 Å². The maximum atomic E-state index is 14.0. The number of hydrogen-bond acceptors (Lipinski definition) is 3. The molecule has 0 aliphatic carbocycles. The van der Waals surface area contributed by atoms with Crippen LogP contribution in [0.1, 0.15) is 52.7 Å². The average molecular weight is 566 g/mol. The van der Waals surface area contributed by atoms with Crippen molar-refractivity contribution < 1.29 is 9.59 Å². The summed E-state index contributed by atoms with van der Waals surface area (Å²) in [4.78, 5) is 32.8. The summed E-state index contributed by atoms with van der Waals surface area (Å²) in [5, 5.41) is 5.05. The Kier molecular flexibility index (Phi) is 8.08. The summed E-state index contributed by atoms with van der Waals surface area (Å²) in [5.74, 6) is 0.192. The summed E-state index contributed by atoms with van der Waals surface area (Å²) in [6, 6.07) is 20.8. The van der Waals surface area contributed by atoms with Gasteiger partial charge in [0, 0.05) is 33.6 Å². The van der Waals surface area contributed by atoms with Crippen molar-refractivity contribution in [3.05, 3.63) is 104 Å². The smallest absolute Gasteiger partial charge is 0.254 e. The van der Waals surface area contributed by atoms with Gasteiger partial charge in [0.2, 0.25) is 5.91 Å². The number of thiophene rings is 1. The monoisotopic (exact) mass is 564 g/mol. The summed E-state index contributed by atoms with van der Waals surface area (Å²) < 4.78 is 0. The molecule has 1 aliphatic rings. The van der Waals surface area contributed by atoms with E-state index in [2.05, 4.69) is 25.3 Å². The third-order valence-electron chi connectivity index (χ3n) is 7.15. The fraction of sp³-hybridized carbons (Fsp3) is 0.290. The maximum Gasteiger partial charge on any atom is 0.254 e. The Balaban J connectivity index is 1.48. The van der Waals surface area contributed by atoms with E-state index >= 15 is 0 Å². The molecular formula is C31H30Cl2N2O2S. The molecule has 4 aromatic rings. The Labute approximate surface area is 237 Å². The third-order valence-corrected chi connectivity index (χ3v) is 8.71. The molecule has 2 heterocycles. The number of halogens is 2. The van der Waals surface area contributed by atoms with Crippen LogP contribution in [-0.2, 0) is 11.2 Å². The zero-order valence-corrected chi connectivity index (χ0v) is 23.8. The fourth-order valence-corrected chi connectivity index (χ4v) is 6.56. The van der Waals surface area contributed by atoms with E-state index in [1.54, 1.807) is 22.3 Å². The normalized spacial score (nSPS) is 15.1. The number of fused-ring (bicyclic) bond motifs is 2. The SMILES string of the molecule is CC(C)CCN(CC(=O)N1CCc2sccc2C1c1ccc(Cl)cc1Cl)C(=O)c1cccc2ccccc12. The minimum atomic E-state index is -0.318. The van der Waals surface area contributed by atoms with E-state index in [0.29, 0.717) is 34.6 Å². The van der Waals surface area contributed by atoms with E-state index in [-0.39, 0.29) is 24.4 Å². The molecule has 0 spiro atoms. The van der Waals surface area contributed by atoms with Crippen molar-refractivity contribution >= 4 is 57.1 Å². The number of carbonyl (C=O) groups excluding carboxylic acids is 2. The van der Waals surface area contributed by atoms with Gasteiger partial charge in [0.1, 0.15) is 6.54 Å². The second kappa shape index (κ2) is 11.5. The lowest BCUT2D eigenvalue weighted by atomic mass is 9.93. The van der Waals surface area contributed by atoms with E-state index in [9.17, 15) is 9.59 Å². The molecule has 0 saturated heterocycles. The quantitative estimate of drug-likeness (QED) is 0.229. The molecule has 1 atom stereocenters. The van der Waals surface area contributed by atoms with Gasteiger partial charge >= 0.3 is 0 Å². The molecule has 1 aliphatic heterocycles. The highest BCUT2D eigenvalue weighted by Gasteiger charge is 2.35. The number of nitrogens with zero attached hydrogens (tertiary/aromatic N) is 2. The van der Waals surface area contributed by atoms with Gasteiger partial charge in [-0.05, 0) is 70.3 Å². The van der Waals surface area contributed by atoms with E-state index < -0.39 is 0 Å². The van der Waals surface area contributed by atoms with Crippen molar-refractivity contribution in [1.82, 2.24) is 9.80 Å². The van der Waals surface area contributed by atoms with Gasteiger partial charge in [0.25, 0.3) is 5.91 Å². The van der Waals surface area contributed by atoms with E-state index in [0.717, 1.165) is 34.7 Å². The summed E-state index contributed by atoms with van der Waals surface area (Å²) in [7, 11) is 0. The highest BCUT2D eigenvalue weighted by atomic mass is 35.5. The molecule has 1 unspecified atom stereocenters. The summed E-state index contributed by atoms with van der Waals surface area (Å²) in [6.07, 6.45) is 1.59. The van der Waals surface area contributed by atoms with Crippen molar-refractivity contribution in [1.29, 1.82) is 0 Å². The minimum absolute atomic E-state index is 0.00987. The molecule has 3 aromatic carbocycles. The lowest BCUT2D eigenvalue weighted by Gasteiger charge is -2.38. The first-order chi connectivity index (χ1) is 18.3. The van der Waals surface area contributed by atoms with Crippen LogP contribution in [0.5, 0.6) is 0 Å². The number of hydrogen-bond donors (Lipinski definition) is 0. The molecule has 2 amide bonds. The molecule has 0 fully saturated rings. The van der Waals surface area contributed by atoms with Crippen LogP contribution in [0.3, 0.4) is 0 Å². The molecule has 0 radical (unpaired) electrons. The van der Waals surface area contributed by atoms with Crippen LogP contribution in [0.25, 0.3) is 10.8 Å². The topological polar surface area (TPSA) is 40.6 Å². The number of benzene rings is 3. The van der Waals surface area contributed by atoms with Crippen molar-refractivity contribution in [2.24, 2.45) is 5.92 Å². The maximum absolute atomic E-state index is 14.0. The van der Waals surface area contributed by atoms with Crippen LogP contribution < -0.4 is 0 Å². The van der Waals surface area contributed by atoms with Gasteiger partial charge in [-0.3, -0.25) is 9.59 Å². The predicted octanol–water partition coefficient (Wildman–Crippen LogP) is 7.87. The van der Waals surface area contributed by atoms with Crippen LogP contribution in [0.2, 0.25) is 10.0 Å². The van der Waals surface area contributed by atoms with Crippen molar-refractivity contribution in [3.8, 4) is 0 Å². The highest BCUT2D eigenvalue weighted by molar-refractivity contribution is 7.10. The average Bonchev–Trinajstić information content (AvgIpc) is 3.39. The molecule has 7 heteroatoms. The van der Waals surface area contributed by atoms with E-state index in [1.807, 2.05) is 59.5 Å². The molecule has 0 bridgehead atoms. The van der Waals surface area contributed by atoms with Crippen LogP contribution in [-0.4, -0.2) is 41.2 Å². The van der Waals surface area contributed by atoms with Gasteiger partial charge < -0.3 is 9.80 Å². The van der Waals surface area contributed by atoms with Crippen LogP contribution in [0.4, 0.5) is 0 Å². The van der Waals surface area contributed by atoms with Gasteiger partial charge in [-0.2, -0.15) is 0 Å². The molecule has 0 N–H and O–H groups in total. The summed E-state index contributed by atoms with van der Waals surface area (Å²) in [6.45, 7) is 5.34. The van der Waals surface area contributed by atoms with Crippen LogP contribution in [0, 0.1) is 5.92 Å². The van der Waals surface area contributed by atoms with E-state index in [1.165, 1.54) is 4.88 Å². The standard InChI is InChI=1S/C31H30Cl2N2O2S/c1-20(2)12-15-34(31(37)24-9-5-7-21-6-3-4-8-23(21)24)19-29(36)35-16-13-28-26(14-17-38-28)30(35)25-11-10-22(32)18-27(25)33/h3-11,14,17-18,20,30H,12-13,15-16,19H2,1-2H3. The summed E-state index contributed by atoms with van der Waals surface area (Å²) >= 11 is 14.6. The first-order valence-electron chi connectivity index (χ1n) is 12.9. The Morgan fingerprint density at radius 1 is 1.03 bits per heavy atom. The van der Waals surface area contributed by atoms with Gasteiger partial charge in [-0.25, -0.2) is 0 Å². The molecular weight excluding hydrogens is 535 g/mol. The Morgan fingerprint density at radius 3 is 2.61 bits per heavy atom. The zero-order chi connectivity index (χ0) is 26.8. The second-order valence-electron chi connectivity index (χ2n) is 10.1. The lowest BCUT2D eigenvalue weighted by Crippen LogP contribution is -2.47. The number of carbonyl (C=O) groups is 2. The van der Waals surface area contributed by atoms with Gasteiger partial charge in [0.15, 0.2) is 0 Å². The van der Waals surface area contributed by atoms with Crippen LogP contribution in [0.15, 0.2) is 72.1 Å². The molecule has 0 saturated carbocycles. The van der Waals surface area contributed by atoms with Gasteiger partial charge in [-0.15, -0.1) is 11.3 Å². The predicted molar refractivity (Wildman–Crippen MR) is 157 cm³/mol. The lowest BCUT2D eigenvalue weighted by molar-refractivity contribution is -0.134. The second-order valence-corrected chi connectivity index (χ2v) is 12.0. The molecule has 38 heavy (non-hydrogen) atoms. The third kappa shape index (κ3) is 5.47. The molecule has 1 aromatic heterocycles. The summed E-state index contributed by atoms with van der Waals surface area (Å²) in [5.41, 5.74) is 2.56. The molecule has 196 valence electrons. The van der Waals surface area contributed by atoms with Crippen molar-refractivity contribution in [3.63, 3.8) is 0 Å². The minimum Gasteiger partial charge on any atom is -0.330 e. The van der Waals surface area contributed by atoms with Crippen molar-refractivity contribution in [2.75, 3.05) is 19.6 Å². The number of rotatable bonds is 7. The first kappa shape index (κ1) is 26.7. The molecule has 5 rings (SSSR count). The van der Waals surface area contributed by atoms with E-state index in [4.69, 9.17) is 23.2 Å². The Bertz CT molecular complexity index is 1480. The highest BCUT2D eigenvalue weighted by Crippen LogP contribution is 2.41. The Morgan fingerprint density at radius 2 is 1.82 bits per heavy atom. The largest absolute Gasteiger partial charge is 0.330 e.